The minimum Gasteiger partial charge on any atom is -0.382 e. The number of unbranched alkanes of at least 4 members (excludes halogenated alkanes) is 1. The molecule has 1 amide bonds. The van der Waals surface area contributed by atoms with E-state index in [0.717, 1.165) is 38.9 Å². The van der Waals surface area contributed by atoms with Gasteiger partial charge in [0.1, 0.15) is 6.23 Å². The molecular formula is C18H38N2O4. The van der Waals surface area contributed by atoms with Gasteiger partial charge >= 0.3 is 0 Å². The average molecular weight is 347 g/mol. The monoisotopic (exact) mass is 346 g/mol. The van der Waals surface area contributed by atoms with Gasteiger partial charge in [0.2, 0.25) is 5.91 Å². The normalized spacial score (nSPS) is 16.0. The molecule has 1 rings (SSSR count). The number of hydrogen-bond acceptors (Lipinski definition) is 5. The van der Waals surface area contributed by atoms with E-state index < -0.39 is 6.23 Å². The number of rotatable bonds is 11. The van der Waals surface area contributed by atoms with E-state index in [1.165, 1.54) is 0 Å². The van der Waals surface area contributed by atoms with E-state index in [4.69, 9.17) is 15.7 Å². The van der Waals surface area contributed by atoms with Crippen LogP contribution in [0.25, 0.3) is 0 Å². The Morgan fingerprint density at radius 3 is 2.38 bits per heavy atom. The largest absolute Gasteiger partial charge is 0.382 e. The molecule has 2 unspecified atom stereocenters. The molecule has 1 aliphatic rings. The Kier molecular flexibility index (Phi) is 21.2. The van der Waals surface area contributed by atoms with Crippen molar-refractivity contribution in [3.05, 3.63) is 12.2 Å². The Morgan fingerprint density at radius 1 is 1.33 bits per heavy atom. The fourth-order valence-corrected chi connectivity index (χ4v) is 1.90. The maximum absolute atomic E-state index is 11.4. The average Bonchev–Trinajstić information content (AvgIpc) is 2.56. The lowest BCUT2D eigenvalue weighted by molar-refractivity contribution is -0.278. The fraction of sp³-hybridized carbons (Fsp3) is 0.833. The van der Waals surface area contributed by atoms with E-state index in [1.807, 2.05) is 27.7 Å². The van der Waals surface area contributed by atoms with Crippen molar-refractivity contribution >= 4 is 5.91 Å². The molecule has 6 nitrogen and oxygen atoms in total. The SMILES string of the molecule is CC.CCOCC.NC(CCCCNC(=O)CCC1C=CC1)OO. The number of nitrogens with one attached hydrogen (secondary N) is 1. The number of amides is 1. The zero-order valence-corrected chi connectivity index (χ0v) is 15.9. The van der Waals surface area contributed by atoms with E-state index in [2.05, 4.69) is 22.4 Å². The van der Waals surface area contributed by atoms with Crippen molar-refractivity contribution in [1.82, 2.24) is 5.32 Å². The summed E-state index contributed by atoms with van der Waals surface area (Å²) < 4.78 is 4.83. The predicted molar refractivity (Wildman–Crippen MR) is 98.5 cm³/mol. The van der Waals surface area contributed by atoms with E-state index in [1.54, 1.807) is 0 Å². The van der Waals surface area contributed by atoms with Gasteiger partial charge in [-0.3, -0.25) is 10.1 Å². The topological polar surface area (TPSA) is 93.8 Å². The zero-order chi connectivity index (χ0) is 18.6. The fourth-order valence-electron chi connectivity index (χ4n) is 1.90. The lowest BCUT2D eigenvalue weighted by Crippen LogP contribution is -2.26. The Labute approximate surface area is 147 Å². The summed E-state index contributed by atoms with van der Waals surface area (Å²) in [7, 11) is 0. The highest BCUT2D eigenvalue weighted by Crippen LogP contribution is 2.21. The second-order valence-corrected chi connectivity index (χ2v) is 5.23. The van der Waals surface area contributed by atoms with Gasteiger partial charge in [-0.05, 0) is 51.9 Å². The second kappa shape index (κ2) is 20.1. The Balaban J connectivity index is 0. The van der Waals surface area contributed by atoms with Gasteiger partial charge in [-0.15, -0.1) is 0 Å². The molecule has 0 aromatic carbocycles. The molecule has 0 aromatic rings. The molecule has 144 valence electrons. The van der Waals surface area contributed by atoms with Gasteiger partial charge in [0, 0.05) is 26.2 Å². The highest BCUT2D eigenvalue weighted by Gasteiger charge is 2.11. The summed E-state index contributed by atoms with van der Waals surface area (Å²) >= 11 is 0. The molecule has 24 heavy (non-hydrogen) atoms. The lowest BCUT2D eigenvalue weighted by atomic mass is 9.90. The molecule has 0 spiro atoms. The number of allylic oxidation sites excluding steroid dienone is 2. The van der Waals surface area contributed by atoms with Crippen molar-refractivity contribution in [2.24, 2.45) is 11.7 Å². The van der Waals surface area contributed by atoms with Gasteiger partial charge in [0.15, 0.2) is 0 Å². The Bertz CT molecular complexity index is 297. The van der Waals surface area contributed by atoms with Crippen LogP contribution < -0.4 is 11.1 Å². The van der Waals surface area contributed by atoms with Gasteiger partial charge in [0.05, 0.1) is 0 Å². The zero-order valence-electron chi connectivity index (χ0n) is 15.9. The Hall–Kier alpha value is -0.950. The first kappa shape index (κ1) is 25.3. The van der Waals surface area contributed by atoms with Gasteiger partial charge in [-0.2, -0.15) is 0 Å². The minimum absolute atomic E-state index is 0.119. The van der Waals surface area contributed by atoms with E-state index >= 15 is 0 Å². The first-order valence-electron chi connectivity index (χ1n) is 9.20. The number of carbonyl (C=O) groups excluding carboxylic acids is 1. The maximum atomic E-state index is 11.4. The summed E-state index contributed by atoms with van der Waals surface area (Å²) in [6.07, 6.45) is 8.62. The van der Waals surface area contributed by atoms with Crippen LogP contribution in [-0.2, 0) is 14.4 Å². The molecule has 0 aromatic heterocycles. The molecule has 6 heteroatoms. The molecule has 1 aliphatic carbocycles. The first-order valence-corrected chi connectivity index (χ1v) is 9.20. The third kappa shape index (κ3) is 17.4. The van der Waals surface area contributed by atoms with Crippen molar-refractivity contribution in [2.75, 3.05) is 19.8 Å². The van der Waals surface area contributed by atoms with E-state index in [9.17, 15) is 4.79 Å². The molecule has 0 radical (unpaired) electrons. The van der Waals surface area contributed by atoms with Crippen molar-refractivity contribution in [3.8, 4) is 0 Å². The quantitative estimate of drug-likeness (QED) is 0.175. The van der Waals surface area contributed by atoms with Gasteiger partial charge < -0.3 is 15.8 Å². The molecule has 0 saturated carbocycles. The predicted octanol–water partition coefficient (Wildman–Crippen LogP) is 3.47. The third-order valence-corrected chi connectivity index (χ3v) is 3.37. The third-order valence-electron chi connectivity index (χ3n) is 3.37. The summed E-state index contributed by atoms with van der Waals surface area (Å²) in [5, 5.41) is 11.1. The van der Waals surface area contributed by atoms with Gasteiger partial charge in [-0.1, -0.05) is 26.0 Å². The highest BCUT2D eigenvalue weighted by molar-refractivity contribution is 5.75. The summed E-state index contributed by atoms with van der Waals surface area (Å²) in [5.74, 6) is 0.730. The van der Waals surface area contributed by atoms with E-state index in [0.29, 0.717) is 25.3 Å². The minimum atomic E-state index is -0.615. The molecule has 0 heterocycles. The number of hydrogen-bond donors (Lipinski definition) is 3. The maximum Gasteiger partial charge on any atom is 0.220 e. The van der Waals surface area contributed by atoms with Crippen LogP contribution in [0.5, 0.6) is 0 Å². The molecule has 0 saturated heterocycles. The second-order valence-electron chi connectivity index (χ2n) is 5.23. The summed E-state index contributed by atoms with van der Waals surface area (Å²) in [6.45, 7) is 10.3. The summed E-state index contributed by atoms with van der Waals surface area (Å²) in [4.78, 5) is 15.4. The van der Waals surface area contributed by atoms with Crippen molar-refractivity contribution in [2.45, 2.75) is 72.4 Å². The van der Waals surface area contributed by atoms with Crippen LogP contribution in [0, 0.1) is 5.92 Å². The molecule has 0 aliphatic heterocycles. The van der Waals surface area contributed by atoms with Crippen LogP contribution in [0.4, 0.5) is 0 Å². The van der Waals surface area contributed by atoms with Crippen LogP contribution in [0.3, 0.4) is 0 Å². The smallest absolute Gasteiger partial charge is 0.220 e. The van der Waals surface area contributed by atoms with Gasteiger partial charge in [0.25, 0.3) is 0 Å². The standard InChI is InChI=1S/C12H22N2O3.C4H10O.C2H6/c13-11(17-16)6-1-2-9-14-12(15)8-7-10-4-3-5-10;1-3-5-4-2;1-2/h3-4,10-11,16H,1-2,5-9,13H2,(H,14,15);3-4H2,1-2H3;1-2H3. The van der Waals surface area contributed by atoms with Crippen LogP contribution >= 0.6 is 0 Å². The molecule has 2 atom stereocenters. The van der Waals surface area contributed by atoms with Crippen LogP contribution in [0.1, 0.15) is 66.2 Å². The van der Waals surface area contributed by atoms with Crippen LogP contribution in [0.2, 0.25) is 0 Å². The number of carbonyl (C=O) groups is 1. The van der Waals surface area contributed by atoms with Gasteiger partial charge in [-0.25, -0.2) is 4.89 Å². The lowest BCUT2D eigenvalue weighted by Gasteiger charge is -2.16. The number of ether oxygens (including phenoxy) is 1. The summed E-state index contributed by atoms with van der Waals surface area (Å²) in [5.41, 5.74) is 5.35. The first-order chi connectivity index (χ1) is 11.6. The van der Waals surface area contributed by atoms with Crippen LogP contribution in [-0.4, -0.2) is 37.2 Å². The highest BCUT2D eigenvalue weighted by atomic mass is 17.1. The molecule has 0 bridgehead atoms. The van der Waals surface area contributed by atoms with Crippen molar-refractivity contribution in [1.29, 1.82) is 0 Å². The van der Waals surface area contributed by atoms with Crippen LogP contribution in [0.15, 0.2) is 12.2 Å². The van der Waals surface area contributed by atoms with E-state index in [-0.39, 0.29) is 5.91 Å². The summed E-state index contributed by atoms with van der Waals surface area (Å²) in [6, 6.07) is 0. The molecular weight excluding hydrogens is 308 g/mol. The molecule has 0 fully saturated rings. The van der Waals surface area contributed by atoms with Crippen molar-refractivity contribution < 1.29 is 19.7 Å². The Morgan fingerprint density at radius 2 is 1.96 bits per heavy atom. The molecule has 4 N–H and O–H groups in total. The van der Waals surface area contributed by atoms with Crippen molar-refractivity contribution in [3.63, 3.8) is 0 Å². The number of nitrogens with two attached hydrogens (primary N) is 1.